The largest absolute Gasteiger partial charge is 0.477 e. The van der Waals surface area contributed by atoms with Crippen LogP contribution in [0, 0.1) is 5.82 Å². The zero-order valence-corrected chi connectivity index (χ0v) is 19.2. The molecular weight excluding hydrogens is 447 g/mol. The fourth-order valence-electron chi connectivity index (χ4n) is 4.91. The van der Waals surface area contributed by atoms with Crippen LogP contribution in [0.15, 0.2) is 54.6 Å². The molecule has 178 valence electrons. The Morgan fingerprint density at radius 2 is 1.80 bits per heavy atom. The van der Waals surface area contributed by atoms with Gasteiger partial charge < -0.3 is 14.7 Å². The summed E-state index contributed by atoms with van der Waals surface area (Å²) >= 11 is 0. The predicted molar refractivity (Wildman–Crippen MR) is 131 cm³/mol. The Morgan fingerprint density at radius 1 is 1.03 bits per heavy atom. The summed E-state index contributed by atoms with van der Waals surface area (Å²) < 4.78 is 21.1. The van der Waals surface area contributed by atoms with Gasteiger partial charge in [0.05, 0.1) is 30.0 Å². The van der Waals surface area contributed by atoms with E-state index >= 15 is 0 Å². The minimum absolute atomic E-state index is 0.0672. The average Bonchev–Trinajstić information content (AvgIpc) is 3.22. The zero-order valence-electron chi connectivity index (χ0n) is 19.2. The molecule has 6 rings (SSSR count). The number of benzene rings is 2. The van der Waals surface area contributed by atoms with E-state index in [1.165, 1.54) is 12.1 Å². The molecular formula is C27H25FN4O3. The number of pyridine rings is 1. The van der Waals surface area contributed by atoms with Crippen molar-refractivity contribution < 1.29 is 19.0 Å². The zero-order chi connectivity index (χ0) is 23.9. The number of fused-ring (bicyclic) bond motifs is 1. The number of aromatic carboxylic acids is 1. The summed E-state index contributed by atoms with van der Waals surface area (Å²) in [5.74, 6) is -1.23. The molecule has 0 amide bonds. The van der Waals surface area contributed by atoms with E-state index in [9.17, 15) is 14.3 Å². The number of carbonyl (C=O) groups is 1. The highest BCUT2D eigenvalue weighted by Gasteiger charge is 2.29. The van der Waals surface area contributed by atoms with Crippen LogP contribution >= 0.6 is 0 Å². The number of halogens is 1. The lowest BCUT2D eigenvalue weighted by atomic mass is 9.81. The maximum Gasteiger partial charge on any atom is 0.354 e. The van der Waals surface area contributed by atoms with Crippen LogP contribution in [0.5, 0.6) is 0 Å². The van der Waals surface area contributed by atoms with Gasteiger partial charge in [-0.25, -0.2) is 18.9 Å². The molecule has 8 heteroatoms. The third-order valence-corrected chi connectivity index (χ3v) is 6.98. The highest BCUT2D eigenvalue weighted by molar-refractivity contribution is 6.00. The lowest BCUT2D eigenvalue weighted by Gasteiger charge is -2.29. The molecule has 35 heavy (non-hydrogen) atoms. The Hall–Kier alpha value is -3.78. The number of hydrogen-bond acceptors (Lipinski definition) is 5. The summed E-state index contributed by atoms with van der Waals surface area (Å²) in [4.78, 5) is 18.8. The Balaban J connectivity index is 1.55. The molecule has 0 atom stereocenters. The molecule has 1 saturated heterocycles. The molecule has 0 spiro atoms. The number of carboxylic acid groups (broad SMARTS) is 1. The Morgan fingerprint density at radius 3 is 2.46 bits per heavy atom. The second kappa shape index (κ2) is 8.78. The molecule has 0 unspecified atom stereocenters. The normalized spacial score (nSPS) is 16.4. The van der Waals surface area contributed by atoms with Crippen molar-refractivity contribution in [2.75, 3.05) is 31.2 Å². The molecule has 2 aromatic heterocycles. The topological polar surface area (TPSA) is 80.5 Å². The van der Waals surface area contributed by atoms with Gasteiger partial charge in [-0.05, 0) is 60.4 Å². The van der Waals surface area contributed by atoms with E-state index in [-0.39, 0.29) is 17.4 Å². The van der Waals surface area contributed by atoms with Gasteiger partial charge in [0.1, 0.15) is 5.82 Å². The number of hydrogen-bond donors (Lipinski definition) is 1. The minimum atomic E-state index is -1.12. The molecule has 2 fully saturated rings. The van der Waals surface area contributed by atoms with Gasteiger partial charge in [0, 0.05) is 24.7 Å². The van der Waals surface area contributed by atoms with Crippen molar-refractivity contribution in [1.82, 2.24) is 14.8 Å². The average molecular weight is 473 g/mol. The first-order valence-corrected chi connectivity index (χ1v) is 11.9. The molecule has 4 aromatic rings. The van der Waals surface area contributed by atoms with Crippen molar-refractivity contribution in [1.29, 1.82) is 0 Å². The monoisotopic (exact) mass is 472 g/mol. The molecule has 0 radical (unpaired) electrons. The quantitative estimate of drug-likeness (QED) is 0.439. The SMILES string of the molecule is O=C(O)c1cc(-c2ccc(N3CCOCC3)cc2)c2c(C3CCC3)nn(-c3cccc(F)c3)c2n1. The lowest BCUT2D eigenvalue weighted by molar-refractivity contribution is 0.0691. The third kappa shape index (κ3) is 3.93. The van der Waals surface area contributed by atoms with Crippen molar-refractivity contribution >= 4 is 22.7 Å². The van der Waals surface area contributed by atoms with Gasteiger partial charge in [0.25, 0.3) is 0 Å². The van der Waals surface area contributed by atoms with Crippen LogP contribution in [0.3, 0.4) is 0 Å². The van der Waals surface area contributed by atoms with Crippen molar-refractivity contribution in [3.05, 3.63) is 71.8 Å². The summed E-state index contributed by atoms with van der Waals surface area (Å²) in [7, 11) is 0. The van der Waals surface area contributed by atoms with Crippen LogP contribution in [0.2, 0.25) is 0 Å². The van der Waals surface area contributed by atoms with Gasteiger partial charge in [0.2, 0.25) is 0 Å². The molecule has 0 bridgehead atoms. The molecule has 3 heterocycles. The van der Waals surface area contributed by atoms with E-state index in [0.29, 0.717) is 24.5 Å². The molecule has 1 aliphatic heterocycles. The van der Waals surface area contributed by atoms with E-state index in [1.54, 1.807) is 22.9 Å². The minimum Gasteiger partial charge on any atom is -0.477 e. The Kier molecular flexibility index (Phi) is 5.45. The number of aromatic nitrogens is 3. The number of ether oxygens (including phenoxy) is 1. The molecule has 2 aliphatic rings. The summed E-state index contributed by atoms with van der Waals surface area (Å²) in [5, 5.41) is 15.5. The second-order valence-corrected chi connectivity index (χ2v) is 9.11. The number of nitrogens with zero attached hydrogens (tertiary/aromatic N) is 4. The van der Waals surface area contributed by atoms with Crippen LogP contribution in [0.1, 0.15) is 41.4 Å². The van der Waals surface area contributed by atoms with Crippen molar-refractivity contribution in [3.63, 3.8) is 0 Å². The fourth-order valence-corrected chi connectivity index (χ4v) is 4.91. The number of rotatable bonds is 5. The van der Waals surface area contributed by atoms with Crippen LogP contribution in [0.4, 0.5) is 10.1 Å². The van der Waals surface area contributed by atoms with Crippen molar-refractivity contribution in [3.8, 4) is 16.8 Å². The molecule has 7 nitrogen and oxygen atoms in total. The highest BCUT2D eigenvalue weighted by atomic mass is 19.1. The summed E-state index contributed by atoms with van der Waals surface area (Å²) in [5.41, 5.74) is 4.57. The second-order valence-electron chi connectivity index (χ2n) is 9.11. The van der Waals surface area contributed by atoms with Crippen molar-refractivity contribution in [2.24, 2.45) is 0 Å². The lowest BCUT2D eigenvalue weighted by Crippen LogP contribution is -2.36. The van der Waals surface area contributed by atoms with Crippen LogP contribution in [-0.4, -0.2) is 52.1 Å². The summed E-state index contributed by atoms with van der Waals surface area (Å²) in [6.07, 6.45) is 3.17. The third-order valence-electron chi connectivity index (χ3n) is 6.98. The van der Waals surface area contributed by atoms with E-state index in [4.69, 9.17) is 9.84 Å². The first-order valence-electron chi connectivity index (χ1n) is 11.9. The van der Waals surface area contributed by atoms with Gasteiger partial charge in [-0.1, -0.05) is 24.6 Å². The van der Waals surface area contributed by atoms with E-state index in [1.807, 2.05) is 12.1 Å². The Labute approximate surface area is 201 Å². The number of anilines is 1. The van der Waals surface area contributed by atoms with Gasteiger partial charge in [0.15, 0.2) is 11.3 Å². The predicted octanol–water partition coefficient (Wildman–Crippen LogP) is 5.03. The van der Waals surface area contributed by atoms with Gasteiger partial charge in [-0.2, -0.15) is 5.10 Å². The molecule has 1 aliphatic carbocycles. The smallest absolute Gasteiger partial charge is 0.354 e. The van der Waals surface area contributed by atoms with Crippen molar-refractivity contribution in [2.45, 2.75) is 25.2 Å². The van der Waals surface area contributed by atoms with E-state index in [2.05, 4.69) is 22.0 Å². The number of carboxylic acids is 1. The van der Waals surface area contributed by atoms with Crippen LogP contribution < -0.4 is 4.90 Å². The standard InChI is InChI=1S/C27H25FN4O3/c28-19-5-2-6-21(15-19)32-26-24(25(30-32)18-3-1-4-18)22(16-23(29-26)27(33)34)17-7-9-20(10-8-17)31-11-13-35-14-12-31/h2,5-10,15-16,18H,1,3-4,11-14H2,(H,33,34). The van der Waals surface area contributed by atoms with Crippen LogP contribution in [0.25, 0.3) is 27.8 Å². The first-order chi connectivity index (χ1) is 17.1. The van der Waals surface area contributed by atoms with Crippen LogP contribution in [-0.2, 0) is 4.74 Å². The van der Waals surface area contributed by atoms with E-state index < -0.39 is 5.97 Å². The van der Waals surface area contributed by atoms with Gasteiger partial charge in [-0.15, -0.1) is 0 Å². The molecule has 1 saturated carbocycles. The highest BCUT2D eigenvalue weighted by Crippen LogP contribution is 2.43. The Bertz CT molecular complexity index is 1410. The summed E-state index contributed by atoms with van der Waals surface area (Å²) in [6, 6.07) is 15.9. The van der Waals surface area contributed by atoms with E-state index in [0.717, 1.165) is 60.2 Å². The maximum atomic E-state index is 14.1. The molecule has 1 N–H and O–H groups in total. The van der Waals surface area contributed by atoms with Gasteiger partial charge in [-0.3, -0.25) is 0 Å². The summed E-state index contributed by atoms with van der Waals surface area (Å²) in [6.45, 7) is 3.10. The maximum absolute atomic E-state index is 14.1. The first kappa shape index (κ1) is 21.7. The molecule has 2 aromatic carbocycles. The number of morpholine rings is 1. The fraction of sp³-hybridized carbons (Fsp3) is 0.296. The van der Waals surface area contributed by atoms with Gasteiger partial charge >= 0.3 is 5.97 Å².